The van der Waals surface area contributed by atoms with Gasteiger partial charge in [0.05, 0.1) is 10.0 Å². The summed E-state index contributed by atoms with van der Waals surface area (Å²) >= 11 is 12.1. The molecule has 0 aliphatic heterocycles. The SMILES string of the molecule is CCC(NC(C)CCC(C)C)c1ccc(Cl)c(Cl)c1. The smallest absolute Gasteiger partial charge is 0.0595 e. The number of halogens is 2. The highest BCUT2D eigenvalue weighted by atomic mass is 35.5. The van der Waals surface area contributed by atoms with E-state index in [1.807, 2.05) is 12.1 Å². The molecular weight excluding hydrogens is 277 g/mol. The first kappa shape index (κ1) is 16.8. The Morgan fingerprint density at radius 3 is 2.26 bits per heavy atom. The Bertz CT molecular complexity index is 390. The standard InChI is InChI=1S/C16H25Cl2N/c1-5-16(19-12(4)7-6-11(2)3)13-8-9-14(17)15(18)10-13/h8-12,16,19H,5-7H2,1-4H3. The molecule has 0 radical (unpaired) electrons. The summed E-state index contributed by atoms with van der Waals surface area (Å²) in [5.41, 5.74) is 1.22. The second-order valence-corrected chi connectivity index (χ2v) is 6.49. The largest absolute Gasteiger partial charge is 0.307 e. The van der Waals surface area contributed by atoms with E-state index in [1.165, 1.54) is 18.4 Å². The fourth-order valence-electron chi connectivity index (χ4n) is 2.19. The molecule has 0 spiro atoms. The molecule has 0 saturated heterocycles. The Hall–Kier alpha value is -0.240. The molecular formula is C16H25Cl2N. The van der Waals surface area contributed by atoms with E-state index < -0.39 is 0 Å². The van der Waals surface area contributed by atoms with Crippen LogP contribution in [0.25, 0.3) is 0 Å². The van der Waals surface area contributed by atoms with Crippen LogP contribution in [0.2, 0.25) is 10.0 Å². The molecule has 1 aromatic carbocycles. The van der Waals surface area contributed by atoms with Gasteiger partial charge in [-0.3, -0.25) is 0 Å². The molecule has 19 heavy (non-hydrogen) atoms. The van der Waals surface area contributed by atoms with Crippen LogP contribution < -0.4 is 5.32 Å². The van der Waals surface area contributed by atoms with Gasteiger partial charge in [-0.15, -0.1) is 0 Å². The average molecular weight is 302 g/mol. The molecule has 3 heteroatoms. The zero-order valence-electron chi connectivity index (χ0n) is 12.3. The molecule has 1 nitrogen and oxygen atoms in total. The Balaban J connectivity index is 2.64. The predicted molar refractivity (Wildman–Crippen MR) is 86.2 cm³/mol. The Kier molecular flexibility index (Phi) is 7.20. The molecule has 0 aromatic heterocycles. The molecule has 0 saturated carbocycles. The maximum Gasteiger partial charge on any atom is 0.0595 e. The van der Waals surface area contributed by atoms with Gasteiger partial charge >= 0.3 is 0 Å². The third-order valence-corrected chi connectivity index (χ3v) is 4.16. The number of hydrogen-bond donors (Lipinski definition) is 1. The number of hydrogen-bond acceptors (Lipinski definition) is 1. The van der Waals surface area contributed by atoms with Crippen molar-refractivity contribution in [2.75, 3.05) is 0 Å². The normalized spacial score (nSPS) is 14.7. The van der Waals surface area contributed by atoms with Crippen LogP contribution in [0.1, 0.15) is 58.6 Å². The lowest BCUT2D eigenvalue weighted by Crippen LogP contribution is -2.30. The molecule has 0 amide bonds. The van der Waals surface area contributed by atoms with E-state index in [2.05, 4.69) is 39.1 Å². The average Bonchev–Trinajstić information content (AvgIpc) is 2.37. The van der Waals surface area contributed by atoms with Crippen molar-refractivity contribution in [1.82, 2.24) is 5.32 Å². The third-order valence-electron chi connectivity index (χ3n) is 3.42. The predicted octanol–water partition coefficient (Wildman–Crippen LogP) is 5.86. The highest BCUT2D eigenvalue weighted by Gasteiger charge is 2.14. The van der Waals surface area contributed by atoms with E-state index >= 15 is 0 Å². The van der Waals surface area contributed by atoms with Crippen LogP contribution in [0.3, 0.4) is 0 Å². The second kappa shape index (κ2) is 8.14. The van der Waals surface area contributed by atoms with E-state index in [0.717, 1.165) is 12.3 Å². The highest BCUT2D eigenvalue weighted by Crippen LogP contribution is 2.27. The van der Waals surface area contributed by atoms with Gasteiger partial charge in [0, 0.05) is 12.1 Å². The van der Waals surface area contributed by atoms with Crippen molar-refractivity contribution >= 4 is 23.2 Å². The van der Waals surface area contributed by atoms with E-state index in [9.17, 15) is 0 Å². The van der Waals surface area contributed by atoms with Crippen LogP contribution >= 0.6 is 23.2 Å². The zero-order chi connectivity index (χ0) is 14.4. The topological polar surface area (TPSA) is 12.0 Å². The lowest BCUT2D eigenvalue weighted by atomic mass is 10.0. The van der Waals surface area contributed by atoms with Gasteiger partial charge in [-0.1, -0.05) is 50.0 Å². The molecule has 0 heterocycles. The lowest BCUT2D eigenvalue weighted by molar-refractivity contribution is 0.398. The number of benzene rings is 1. The van der Waals surface area contributed by atoms with Crippen molar-refractivity contribution in [2.24, 2.45) is 5.92 Å². The monoisotopic (exact) mass is 301 g/mol. The van der Waals surface area contributed by atoms with E-state index in [0.29, 0.717) is 22.1 Å². The van der Waals surface area contributed by atoms with Gasteiger partial charge < -0.3 is 5.32 Å². The Morgan fingerprint density at radius 1 is 1.05 bits per heavy atom. The first-order valence-corrected chi connectivity index (χ1v) is 7.90. The van der Waals surface area contributed by atoms with E-state index in [-0.39, 0.29) is 0 Å². The first-order chi connectivity index (χ1) is 8.93. The van der Waals surface area contributed by atoms with Crippen LogP contribution in [-0.2, 0) is 0 Å². The van der Waals surface area contributed by atoms with Crippen LogP contribution in [0, 0.1) is 5.92 Å². The molecule has 108 valence electrons. The van der Waals surface area contributed by atoms with Crippen LogP contribution in [0.5, 0.6) is 0 Å². The van der Waals surface area contributed by atoms with Gasteiger partial charge in [0.15, 0.2) is 0 Å². The number of nitrogens with one attached hydrogen (secondary N) is 1. The molecule has 1 aromatic rings. The minimum Gasteiger partial charge on any atom is -0.307 e. The fraction of sp³-hybridized carbons (Fsp3) is 0.625. The summed E-state index contributed by atoms with van der Waals surface area (Å²) in [6.45, 7) is 8.98. The molecule has 2 atom stereocenters. The van der Waals surface area contributed by atoms with E-state index in [4.69, 9.17) is 23.2 Å². The van der Waals surface area contributed by atoms with Crippen molar-refractivity contribution < 1.29 is 0 Å². The quantitative estimate of drug-likeness (QED) is 0.665. The molecule has 1 rings (SSSR count). The van der Waals surface area contributed by atoms with Crippen molar-refractivity contribution in [3.05, 3.63) is 33.8 Å². The van der Waals surface area contributed by atoms with Crippen molar-refractivity contribution in [2.45, 2.75) is 59.0 Å². The summed E-state index contributed by atoms with van der Waals surface area (Å²) in [7, 11) is 0. The highest BCUT2D eigenvalue weighted by molar-refractivity contribution is 6.42. The molecule has 0 aliphatic rings. The van der Waals surface area contributed by atoms with Crippen LogP contribution in [0.15, 0.2) is 18.2 Å². The van der Waals surface area contributed by atoms with Crippen molar-refractivity contribution in [1.29, 1.82) is 0 Å². The summed E-state index contributed by atoms with van der Waals surface area (Å²) in [6.07, 6.45) is 3.51. The van der Waals surface area contributed by atoms with Crippen molar-refractivity contribution in [3.63, 3.8) is 0 Å². The van der Waals surface area contributed by atoms with Gasteiger partial charge in [-0.05, 0) is 49.8 Å². The minimum absolute atomic E-state index is 0.344. The first-order valence-electron chi connectivity index (χ1n) is 7.15. The fourth-order valence-corrected chi connectivity index (χ4v) is 2.50. The van der Waals surface area contributed by atoms with Gasteiger partial charge in [0.2, 0.25) is 0 Å². The van der Waals surface area contributed by atoms with Crippen LogP contribution in [-0.4, -0.2) is 6.04 Å². The van der Waals surface area contributed by atoms with Gasteiger partial charge in [-0.25, -0.2) is 0 Å². The zero-order valence-corrected chi connectivity index (χ0v) is 13.9. The second-order valence-electron chi connectivity index (χ2n) is 5.67. The third kappa shape index (κ3) is 5.72. The van der Waals surface area contributed by atoms with Gasteiger partial charge in [0.25, 0.3) is 0 Å². The lowest BCUT2D eigenvalue weighted by Gasteiger charge is -2.23. The van der Waals surface area contributed by atoms with Gasteiger partial charge in [-0.2, -0.15) is 0 Å². The summed E-state index contributed by atoms with van der Waals surface area (Å²) < 4.78 is 0. The molecule has 1 N–H and O–H groups in total. The molecule has 0 bridgehead atoms. The summed E-state index contributed by atoms with van der Waals surface area (Å²) in [5.74, 6) is 0.759. The molecule has 0 aliphatic carbocycles. The van der Waals surface area contributed by atoms with Crippen LogP contribution in [0.4, 0.5) is 0 Å². The minimum atomic E-state index is 0.344. The molecule has 2 unspecified atom stereocenters. The van der Waals surface area contributed by atoms with Gasteiger partial charge in [0.1, 0.15) is 0 Å². The number of rotatable bonds is 7. The maximum atomic E-state index is 6.09. The van der Waals surface area contributed by atoms with E-state index in [1.54, 1.807) is 0 Å². The molecule has 0 fully saturated rings. The Morgan fingerprint density at radius 2 is 1.74 bits per heavy atom. The summed E-state index contributed by atoms with van der Waals surface area (Å²) in [6, 6.07) is 6.77. The van der Waals surface area contributed by atoms with Crippen molar-refractivity contribution in [3.8, 4) is 0 Å². The summed E-state index contributed by atoms with van der Waals surface area (Å²) in [4.78, 5) is 0. The maximum absolute atomic E-state index is 6.09. The summed E-state index contributed by atoms with van der Waals surface area (Å²) in [5, 5.41) is 4.94. The Labute approximate surface area is 127 Å².